The predicted octanol–water partition coefficient (Wildman–Crippen LogP) is 0.736. The predicted molar refractivity (Wildman–Crippen MR) is 51.8 cm³/mol. The van der Waals surface area contributed by atoms with Gasteiger partial charge in [-0.1, -0.05) is 6.08 Å². The lowest BCUT2D eigenvalue weighted by Gasteiger charge is -2.20. The third kappa shape index (κ3) is 6.31. The second-order valence-electron chi connectivity index (χ2n) is 3.81. The molecule has 1 amide bonds. The van der Waals surface area contributed by atoms with E-state index in [4.69, 9.17) is 10.6 Å². The zero-order chi connectivity index (χ0) is 10.5. The summed E-state index contributed by atoms with van der Waals surface area (Å²) < 4.78 is 0. The Labute approximate surface area is 79.1 Å². The third-order valence-electron chi connectivity index (χ3n) is 1.22. The van der Waals surface area contributed by atoms with E-state index in [9.17, 15) is 4.79 Å². The zero-order valence-corrected chi connectivity index (χ0v) is 8.46. The van der Waals surface area contributed by atoms with E-state index in [0.29, 0.717) is 6.42 Å². The van der Waals surface area contributed by atoms with Crippen molar-refractivity contribution < 1.29 is 9.63 Å². The molecule has 0 heterocycles. The largest absolute Gasteiger partial charge is 0.320 e. The summed E-state index contributed by atoms with van der Waals surface area (Å²) in [6.45, 7) is 9.01. The molecule has 0 aliphatic heterocycles. The van der Waals surface area contributed by atoms with Crippen LogP contribution in [0.3, 0.4) is 0 Å². The number of carbonyl (C=O) groups is 1. The SMILES string of the molecule is C=CCC(N)C(=O)NOC(C)(C)C. The highest BCUT2D eigenvalue weighted by Crippen LogP contribution is 2.03. The number of hydroxylamine groups is 1. The molecule has 76 valence electrons. The number of nitrogens with one attached hydrogen (secondary N) is 1. The molecular formula is C9H18N2O2. The van der Waals surface area contributed by atoms with Crippen molar-refractivity contribution in [2.75, 3.05) is 0 Å². The smallest absolute Gasteiger partial charge is 0.260 e. The van der Waals surface area contributed by atoms with Gasteiger partial charge in [-0.05, 0) is 27.2 Å². The fourth-order valence-electron chi connectivity index (χ4n) is 0.566. The maximum absolute atomic E-state index is 11.2. The van der Waals surface area contributed by atoms with Gasteiger partial charge >= 0.3 is 0 Å². The van der Waals surface area contributed by atoms with Crippen molar-refractivity contribution in [3.8, 4) is 0 Å². The number of rotatable bonds is 4. The van der Waals surface area contributed by atoms with E-state index in [1.54, 1.807) is 6.08 Å². The first-order valence-electron chi connectivity index (χ1n) is 4.21. The Morgan fingerprint density at radius 1 is 1.69 bits per heavy atom. The summed E-state index contributed by atoms with van der Waals surface area (Å²) in [5, 5.41) is 0. The van der Waals surface area contributed by atoms with Crippen molar-refractivity contribution in [2.24, 2.45) is 5.73 Å². The van der Waals surface area contributed by atoms with Gasteiger partial charge in [-0.2, -0.15) is 0 Å². The second-order valence-corrected chi connectivity index (χ2v) is 3.81. The van der Waals surface area contributed by atoms with Gasteiger partial charge in [-0.15, -0.1) is 6.58 Å². The van der Waals surface area contributed by atoms with Crippen LogP contribution in [0, 0.1) is 0 Å². The lowest BCUT2D eigenvalue weighted by molar-refractivity contribution is -0.146. The van der Waals surface area contributed by atoms with E-state index in [0.717, 1.165) is 0 Å². The highest BCUT2D eigenvalue weighted by molar-refractivity contribution is 5.80. The summed E-state index contributed by atoms with van der Waals surface area (Å²) >= 11 is 0. The molecule has 0 spiro atoms. The number of hydrogen-bond donors (Lipinski definition) is 2. The normalized spacial score (nSPS) is 13.5. The van der Waals surface area contributed by atoms with Gasteiger partial charge in [0.05, 0.1) is 11.6 Å². The monoisotopic (exact) mass is 186 g/mol. The number of carbonyl (C=O) groups excluding carboxylic acids is 1. The van der Waals surface area contributed by atoms with E-state index in [1.165, 1.54) is 0 Å². The van der Waals surface area contributed by atoms with Crippen molar-refractivity contribution in [3.05, 3.63) is 12.7 Å². The van der Waals surface area contributed by atoms with Crippen molar-refractivity contribution in [1.82, 2.24) is 5.48 Å². The average Bonchev–Trinajstić information content (AvgIpc) is 1.99. The molecule has 3 N–H and O–H groups in total. The van der Waals surface area contributed by atoms with E-state index >= 15 is 0 Å². The van der Waals surface area contributed by atoms with Gasteiger partial charge in [0.1, 0.15) is 0 Å². The fraction of sp³-hybridized carbons (Fsp3) is 0.667. The maximum Gasteiger partial charge on any atom is 0.260 e. The van der Waals surface area contributed by atoms with Crippen LogP contribution in [0.1, 0.15) is 27.2 Å². The van der Waals surface area contributed by atoms with Gasteiger partial charge in [0, 0.05) is 0 Å². The highest BCUT2D eigenvalue weighted by atomic mass is 16.7. The molecule has 0 aliphatic carbocycles. The number of hydrogen-bond acceptors (Lipinski definition) is 3. The highest BCUT2D eigenvalue weighted by Gasteiger charge is 2.16. The van der Waals surface area contributed by atoms with Gasteiger partial charge in [0.2, 0.25) is 0 Å². The molecule has 1 atom stereocenters. The molecule has 0 aliphatic rings. The Morgan fingerprint density at radius 3 is 2.62 bits per heavy atom. The minimum atomic E-state index is -0.583. The minimum Gasteiger partial charge on any atom is -0.320 e. The van der Waals surface area contributed by atoms with Crippen molar-refractivity contribution in [3.63, 3.8) is 0 Å². The molecule has 0 bridgehead atoms. The fourth-order valence-corrected chi connectivity index (χ4v) is 0.566. The molecule has 0 aromatic rings. The van der Waals surface area contributed by atoms with Gasteiger partial charge in [-0.3, -0.25) is 9.63 Å². The van der Waals surface area contributed by atoms with Crippen LogP contribution >= 0.6 is 0 Å². The summed E-state index contributed by atoms with van der Waals surface area (Å²) in [7, 11) is 0. The first-order chi connectivity index (χ1) is 5.87. The van der Waals surface area contributed by atoms with Crippen molar-refractivity contribution >= 4 is 5.91 Å². The molecule has 0 aromatic carbocycles. The Balaban J connectivity index is 3.81. The minimum absolute atomic E-state index is 0.324. The van der Waals surface area contributed by atoms with Crippen LogP contribution < -0.4 is 11.2 Å². The molecule has 0 aromatic heterocycles. The summed E-state index contributed by atoms with van der Waals surface area (Å²) in [6.07, 6.45) is 2.04. The molecule has 0 radical (unpaired) electrons. The standard InChI is InChI=1S/C9H18N2O2/c1-5-6-7(10)8(12)11-13-9(2,3)4/h5,7H,1,6,10H2,2-4H3,(H,11,12). The van der Waals surface area contributed by atoms with Crippen LogP contribution in [0.4, 0.5) is 0 Å². The Kier molecular flexibility index (Phi) is 4.66. The van der Waals surface area contributed by atoms with E-state index in [2.05, 4.69) is 12.1 Å². The summed E-state index contributed by atoms with van der Waals surface area (Å²) in [4.78, 5) is 16.2. The first-order valence-corrected chi connectivity index (χ1v) is 4.21. The maximum atomic E-state index is 11.2. The molecule has 4 heteroatoms. The number of nitrogens with two attached hydrogens (primary N) is 1. The lowest BCUT2D eigenvalue weighted by Crippen LogP contribution is -2.43. The topological polar surface area (TPSA) is 64.4 Å². The molecule has 0 rings (SSSR count). The van der Waals surface area contributed by atoms with Crippen LogP contribution in [-0.2, 0) is 9.63 Å². The van der Waals surface area contributed by atoms with Crippen LogP contribution in [0.15, 0.2) is 12.7 Å². The molecule has 0 fully saturated rings. The van der Waals surface area contributed by atoms with E-state index in [-0.39, 0.29) is 5.91 Å². The second kappa shape index (κ2) is 4.99. The van der Waals surface area contributed by atoms with Gasteiger partial charge in [0.25, 0.3) is 5.91 Å². The molecule has 1 unspecified atom stereocenters. The lowest BCUT2D eigenvalue weighted by atomic mass is 10.2. The van der Waals surface area contributed by atoms with Gasteiger partial charge < -0.3 is 5.73 Å². The summed E-state index contributed by atoms with van der Waals surface area (Å²) in [5.74, 6) is -0.324. The molecule has 13 heavy (non-hydrogen) atoms. The first kappa shape index (κ1) is 12.1. The van der Waals surface area contributed by atoms with Gasteiger partial charge in [-0.25, -0.2) is 5.48 Å². The van der Waals surface area contributed by atoms with Crippen LogP contribution in [0.5, 0.6) is 0 Å². The molecule has 0 saturated carbocycles. The van der Waals surface area contributed by atoms with Crippen LogP contribution in [-0.4, -0.2) is 17.6 Å². The molecule has 4 nitrogen and oxygen atoms in total. The Bertz CT molecular complexity index is 185. The Hall–Kier alpha value is -0.870. The Morgan fingerprint density at radius 2 is 2.23 bits per heavy atom. The van der Waals surface area contributed by atoms with Crippen LogP contribution in [0.25, 0.3) is 0 Å². The van der Waals surface area contributed by atoms with Crippen molar-refractivity contribution in [1.29, 1.82) is 0 Å². The summed E-state index contributed by atoms with van der Waals surface area (Å²) in [6, 6.07) is -0.583. The van der Waals surface area contributed by atoms with E-state index in [1.807, 2.05) is 20.8 Å². The van der Waals surface area contributed by atoms with Gasteiger partial charge in [0.15, 0.2) is 0 Å². The number of amides is 1. The van der Waals surface area contributed by atoms with Crippen molar-refractivity contribution in [2.45, 2.75) is 38.8 Å². The third-order valence-corrected chi connectivity index (χ3v) is 1.22. The quantitative estimate of drug-likeness (QED) is 0.502. The average molecular weight is 186 g/mol. The zero-order valence-electron chi connectivity index (χ0n) is 8.46. The molecular weight excluding hydrogens is 168 g/mol. The van der Waals surface area contributed by atoms with E-state index < -0.39 is 11.6 Å². The molecule has 0 saturated heterocycles. The summed E-state index contributed by atoms with van der Waals surface area (Å²) in [5.41, 5.74) is 7.39. The van der Waals surface area contributed by atoms with Crippen LogP contribution in [0.2, 0.25) is 0 Å².